The van der Waals surface area contributed by atoms with Crippen LogP contribution in [0.1, 0.15) is 37.8 Å². The van der Waals surface area contributed by atoms with Crippen molar-refractivity contribution in [3.63, 3.8) is 0 Å². The quantitative estimate of drug-likeness (QED) is 0.398. The molecule has 0 fully saturated rings. The highest BCUT2D eigenvalue weighted by molar-refractivity contribution is 7.92. The van der Waals surface area contributed by atoms with E-state index in [-0.39, 0.29) is 23.3 Å². The number of halogens is 1. The Morgan fingerprint density at radius 3 is 2.05 bits per heavy atom. The van der Waals surface area contributed by atoms with E-state index >= 15 is 0 Å². The van der Waals surface area contributed by atoms with Crippen LogP contribution in [0.3, 0.4) is 0 Å². The first-order valence-electron chi connectivity index (χ1n) is 12.0. The number of benzene rings is 3. The summed E-state index contributed by atoms with van der Waals surface area (Å²) in [5.41, 5.74) is 2.04. The molecule has 0 aromatic heterocycles. The zero-order valence-electron chi connectivity index (χ0n) is 21.4. The van der Waals surface area contributed by atoms with Crippen molar-refractivity contribution in [1.82, 2.24) is 10.2 Å². The zero-order valence-corrected chi connectivity index (χ0v) is 23.0. The lowest BCUT2D eigenvalue weighted by molar-refractivity contribution is -0.139. The molecule has 0 bridgehead atoms. The first-order valence-corrected chi connectivity index (χ1v) is 13.8. The second-order valence-electron chi connectivity index (χ2n) is 8.97. The lowest BCUT2D eigenvalue weighted by Gasteiger charge is -2.32. The molecule has 37 heavy (non-hydrogen) atoms. The minimum absolute atomic E-state index is 0.0403. The Hall–Kier alpha value is -3.36. The van der Waals surface area contributed by atoms with Gasteiger partial charge in [0.05, 0.1) is 10.6 Å². The van der Waals surface area contributed by atoms with E-state index in [0.717, 1.165) is 9.87 Å². The molecule has 3 aromatic rings. The molecule has 0 aliphatic heterocycles. The van der Waals surface area contributed by atoms with Crippen molar-refractivity contribution in [2.24, 2.45) is 0 Å². The van der Waals surface area contributed by atoms with Crippen LogP contribution >= 0.6 is 11.6 Å². The molecule has 196 valence electrons. The van der Waals surface area contributed by atoms with Gasteiger partial charge < -0.3 is 10.2 Å². The molecule has 0 unspecified atom stereocenters. The molecule has 9 heteroatoms. The molecule has 0 saturated carbocycles. The van der Waals surface area contributed by atoms with Crippen molar-refractivity contribution in [2.45, 2.75) is 44.2 Å². The van der Waals surface area contributed by atoms with Gasteiger partial charge in [-0.25, -0.2) is 8.42 Å². The van der Waals surface area contributed by atoms with Crippen LogP contribution in [-0.4, -0.2) is 44.8 Å². The molecule has 0 spiro atoms. The molecule has 0 radical (unpaired) electrons. The third kappa shape index (κ3) is 6.70. The SMILES string of the molecule is CNC(=O)[C@@H](C)N(Cc1ccccc1Cl)C(=O)CN(c1ccc(C(C)C)cc1)S(=O)(=O)c1ccccc1. The minimum Gasteiger partial charge on any atom is -0.357 e. The number of rotatable bonds is 10. The minimum atomic E-state index is -4.09. The van der Waals surface area contributed by atoms with Gasteiger partial charge in [-0.15, -0.1) is 0 Å². The van der Waals surface area contributed by atoms with Crippen LogP contribution in [0.2, 0.25) is 5.02 Å². The maximum Gasteiger partial charge on any atom is 0.264 e. The monoisotopic (exact) mass is 541 g/mol. The van der Waals surface area contributed by atoms with Gasteiger partial charge >= 0.3 is 0 Å². The fourth-order valence-corrected chi connectivity index (χ4v) is 5.51. The molecule has 0 aliphatic carbocycles. The van der Waals surface area contributed by atoms with Gasteiger partial charge in [0.2, 0.25) is 11.8 Å². The summed E-state index contributed by atoms with van der Waals surface area (Å²) in [7, 11) is -2.60. The number of amides is 2. The van der Waals surface area contributed by atoms with Gasteiger partial charge in [-0.3, -0.25) is 13.9 Å². The zero-order chi connectivity index (χ0) is 27.2. The standard InChI is InChI=1S/C28H32ClN3O4S/c1-20(2)22-14-16-24(17-15-22)32(37(35,36)25-11-6-5-7-12-25)19-27(33)31(21(3)28(34)30-4)18-23-10-8-9-13-26(23)29/h5-17,20-21H,18-19H2,1-4H3,(H,30,34)/t21-/m1/s1. The molecule has 7 nitrogen and oxygen atoms in total. The first kappa shape index (κ1) is 28.2. The lowest BCUT2D eigenvalue weighted by atomic mass is 10.0. The third-order valence-electron chi connectivity index (χ3n) is 6.17. The van der Waals surface area contributed by atoms with E-state index < -0.39 is 28.5 Å². The third-order valence-corrected chi connectivity index (χ3v) is 8.33. The first-order chi connectivity index (χ1) is 17.6. The van der Waals surface area contributed by atoms with E-state index in [4.69, 9.17) is 11.6 Å². The highest BCUT2D eigenvalue weighted by Crippen LogP contribution is 2.27. The number of nitrogens with one attached hydrogen (secondary N) is 1. The van der Waals surface area contributed by atoms with Crippen LogP contribution in [0.15, 0.2) is 83.8 Å². The van der Waals surface area contributed by atoms with Gasteiger partial charge in [-0.1, -0.05) is 74.0 Å². The van der Waals surface area contributed by atoms with Crippen LogP contribution in [0, 0.1) is 0 Å². The molecule has 0 saturated heterocycles. The fourth-order valence-electron chi connectivity index (χ4n) is 3.88. The van der Waals surface area contributed by atoms with Gasteiger partial charge in [0, 0.05) is 18.6 Å². The van der Waals surface area contributed by atoms with Crippen LogP contribution in [0.25, 0.3) is 0 Å². The second-order valence-corrected chi connectivity index (χ2v) is 11.2. The van der Waals surface area contributed by atoms with Crippen molar-refractivity contribution in [1.29, 1.82) is 0 Å². The highest BCUT2D eigenvalue weighted by Gasteiger charge is 2.32. The summed E-state index contributed by atoms with van der Waals surface area (Å²) in [6, 6.07) is 21.2. The van der Waals surface area contributed by atoms with Crippen LogP contribution in [0.4, 0.5) is 5.69 Å². The molecule has 0 aliphatic rings. The van der Waals surface area contributed by atoms with Gasteiger partial charge in [0.15, 0.2) is 0 Å². The van der Waals surface area contributed by atoms with Gasteiger partial charge in [0.25, 0.3) is 10.0 Å². The second kappa shape index (κ2) is 12.3. The molecule has 3 aromatic carbocycles. The number of carbonyl (C=O) groups is 2. The largest absolute Gasteiger partial charge is 0.357 e. The molecular weight excluding hydrogens is 510 g/mol. The van der Waals surface area contributed by atoms with Crippen molar-refractivity contribution >= 4 is 39.1 Å². The number of hydrogen-bond acceptors (Lipinski definition) is 4. The number of likely N-dealkylation sites (N-methyl/N-ethyl adjacent to an activating group) is 1. The van der Waals surface area contributed by atoms with Gasteiger partial charge in [0.1, 0.15) is 12.6 Å². The van der Waals surface area contributed by atoms with E-state index in [0.29, 0.717) is 16.3 Å². The fraction of sp³-hybridized carbons (Fsp3) is 0.286. The summed E-state index contributed by atoms with van der Waals surface area (Å²) in [5.74, 6) is -0.656. The molecule has 1 N–H and O–H groups in total. The Bertz CT molecular complexity index is 1330. The van der Waals surface area contributed by atoms with E-state index in [9.17, 15) is 18.0 Å². The molecule has 1 atom stereocenters. The van der Waals surface area contributed by atoms with Crippen molar-refractivity contribution in [3.05, 3.63) is 95.0 Å². The van der Waals surface area contributed by atoms with E-state index in [1.165, 1.54) is 24.1 Å². The Labute approximate surface area is 224 Å². The lowest BCUT2D eigenvalue weighted by Crippen LogP contribution is -2.50. The van der Waals surface area contributed by atoms with Crippen LogP contribution < -0.4 is 9.62 Å². The summed E-state index contributed by atoms with van der Waals surface area (Å²) >= 11 is 6.34. The smallest absolute Gasteiger partial charge is 0.264 e. The summed E-state index contributed by atoms with van der Waals surface area (Å²) < 4.78 is 28.6. The number of sulfonamides is 1. The number of anilines is 1. The van der Waals surface area contributed by atoms with Crippen molar-refractivity contribution < 1.29 is 18.0 Å². The normalized spacial score (nSPS) is 12.2. The Morgan fingerprint density at radius 2 is 1.49 bits per heavy atom. The number of carbonyl (C=O) groups excluding carboxylic acids is 2. The molecule has 2 amide bonds. The molecule has 0 heterocycles. The predicted molar refractivity (Wildman–Crippen MR) is 147 cm³/mol. The summed E-state index contributed by atoms with van der Waals surface area (Å²) in [4.78, 5) is 27.7. The molecular formula is C28H32ClN3O4S. The number of nitrogens with zero attached hydrogens (tertiary/aromatic N) is 2. The predicted octanol–water partition coefficient (Wildman–Crippen LogP) is 4.82. The highest BCUT2D eigenvalue weighted by atomic mass is 35.5. The van der Waals surface area contributed by atoms with E-state index in [1.807, 2.05) is 26.0 Å². The Morgan fingerprint density at radius 1 is 0.892 bits per heavy atom. The van der Waals surface area contributed by atoms with Crippen LogP contribution in [0.5, 0.6) is 0 Å². The Kier molecular flexibility index (Phi) is 9.34. The van der Waals surface area contributed by atoms with Gasteiger partial charge in [-0.05, 0) is 54.3 Å². The van der Waals surface area contributed by atoms with Crippen molar-refractivity contribution in [2.75, 3.05) is 17.9 Å². The topological polar surface area (TPSA) is 86.8 Å². The maximum absolute atomic E-state index is 13.8. The number of hydrogen-bond donors (Lipinski definition) is 1. The van der Waals surface area contributed by atoms with E-state index in [2.05, 4.69) is 5.32 Å². The van der Waals surface area contributed by atoms with Crippen LogP contribution in [-0.2, 0) is 26.2 Å². The van der Waals surface area contributed by atoms with E-state index in [1.54, 1.807) is 61.5 Å². The summed E-state index contributed by atoms with van der Waals surface area (Å²) in [6.07, 6.45) is 0. The van der Waals surface area contributed by atoms with Crippen molar-refractivity contribution in [3.8, 4) is 0 Å². The summed E-state index contributed by atoms with van der Waals surface area (Å²) in [6.45, 7) is 5.23. The average molecular weight is 542 g/mol. The molecule has 3 rings (SSSR count). The van der Waals surface area contributed by atoms with Gasteiger partial charge in [-0.2, -0.15) is 0 Å². The maximum atomic E-state index is 13.8. The average Bonchev–Trinajstić information content (AvgIpc) is 2.90. The summed E-state index contributed by atoms with van der Waals surface area (Å²) in [5, 5.41) is 3.01. The Balaban J connectivity index is 2.04.